The summed E-state index contributed by atoms with van der Waals surface area (Å²) >= 11 is 0. The number of likely N-dealkylation sites (tertiary alicyclic amines) is 1. The van der Waals surface area contributed by atoms with E-state index in [1.165, 1.54) is 0 Å². The number of hydrogen-bond donors (Lipinski definition) is 1. The molecule has 0 saturated carbocycles. The quantitative estimate of drug-likeness (QED) is 0.600. The smallest absolute Gasteiger partial charge is 0.254 e. The lowest BCUT2D eigenvalue weighted by Gasteiger charge is -2.24. The number of rotatable bonds is 7. The van der Waals surface area contributed by atoms with E-state index in [1.54, 1.807) is 6.07 Å². The molecule has 0 bridgehead atoms. The van der Waals surface area contributed by atoms with Crippen molar-refractivity contribution < 1.29 is 14.3 Å². The van der Waals surface area contributed by atoms with Gasteiger partial charge in [0.2, 0.25) is 0 Å². The molecule has 4 rings (SSSR count). The molecule has 6 heteroatoms. The van der Waals surface area contributed by atoms with Gasteiger partial charge in [0.1, 0.15) is 5.82 Å². The lowest BCUT2D eigenvalue weighted by atomic mass is 10.1. The average molecular weight is 408 g/mol. The highest BCUT2D eigenvalue weighted by Gasteiger charge is 2.33. The van der Waals surface area contributed by atoms with Gasteiger partial charge in [-0.25, -0.2) is 4.98 Å². The number of carbonyl (C=O) groups excluding carboxylic acids is 1. The van der Waals surface area contributed by atoms with Crippen LogP contribution in [0.3, 0.4) is 0 Å². The number of imidazole rings is 1. The van der Waals surface area contributed by atoms with Crippen molar-refractivity contribution in [3.8, 4) is 11.5 Å². The van der Waals surface area contributed by atoms with E-state index in [0.29, 0.717) is 36.2 Å². The van der Waals surface area contributed by atoms with Crippen molar-refractivity contribution in [2.45, 2.75) is 39.7 Å². The topological polar surface area (TPSA) is 67.5 Å². The second kappa shape index (κ2) is 8.78. The summed E-state index contributed by atoms with van der Waals surface area (Å²) in [7, 11) is 0. The van der Waals surface area contributed by atoms with Gasteiger partial charge in [-0.05, 0) is 56.0 Å². The van der Waals surface area contributed by atoms with Crippen LogP contribution in [0.15, 0.2) is 42.5 Å². The van der Waals surface area contributed by atoms with Crippen molar-refractivity contribution in [2.75, 3.05) is 19.8 Å². The lowest BCUT2D eigenvalue weighted by Crippen LogP contribution is -2.31. The van der Waals surface area contributed by atoms with Crippen LogP contribution in [0.5, 0.6) is 11.5 Å². The molecular formula is C24H29N3O3. The highest BCUT2D eigenvalue weighted by Crippen LogP contribution is 2.35. The van der Waals surface area contributed by atoms with Gasteiger partial charge in [0, 0.05) is 12.1 Å². The first-order valence-electron chi connectivity index (χ1n) is 10.7. The molecule has 0 spiro atoms. The lowest BCUT2D eigenvalue weighted by molar-refractivity contribution is 0.0730. The average Bonchev–Trinajstić information content (AvgIpc) is 3.39. The monoisotopic (exact) mass is 407 g/mol. The Morgan fingerprint density at radius 1 is 1.20 bits per heavy atom. The first-order valence-corrected chi connectivity index (χ1v) is 10.7. The second-order valence-corrected chi connectivity index (χ2v) is 8.10. The fourth-order valence-corrected chi connectivity index (χ4v) is 3.88. The zero-order valence-electron chi connectivity index (χ0n) is 17.9. The molecule has 1 aliphatic heterocycles. The maximum Gasteiger partial charge on any atom is 0.254 e. The molecule has 1 saturated heterocycles. The molecule has 0 radical (unpaired) electrons. The maximum absolute atomic E-state index is 13.4. The standard InChI is InChI=1S/C24H29N3O3/c1-4-29-22-14-17(11-12-21(22)30-15-16(2)3)24(28)27-13-7-10-20(27)23-25-18-8-5-6-9-19(18)26-23/h5-6,8-9,11-12,14,16,20H,4,7,10,13,15H2,1-3H3,(H,25,26). The Morgan fingerprint density at radius 3 is 2.80 bits per heavy atom. The predicted octanol–water partition coefficient (Wildman–Crippen LogP) is 4.97. The van der Waals surface area contributed by atoms with Crippen LogP contribution in [-0.4, -0.2) is 40.5 Å². The van der Waals surface area contributed by atoms with Crippen LogP contribution in [0.4, 0.5) is 0 Å². The number of nitrogens with one attached hydrogen (secondary N) is 1. The largest absolute Gasteiger partial charge is 0.490 e. The number of carbonyl (C=O) groups is 1. The number of para-hydroxylation sites is 2. The van der Waals surface area contributed by atoms with Crippen LogP contribution < -0.4 is 9.47 Å². The summed E-state index contributed by atoms with van der Waals surface area (Å²) < 4.78 is 11.6. The molecule has 3 aromatic rings. The van der Waals surface area contributed by atoms with Crippen LogP contribution in [0.2, 0.25) is 0 Å². The second-order valence-electron chi connectivity index (χ2n) is 8.10. The Bertz CT molecular complexity index is 994. The number of amides is 1. The summed E-state index contributed by atoms with van der Waals surface area (Å²) in [4.78, 5) is 23.4. The number of ether oxygens (including phenoxy) is 2. The summed E-state index contributed by atoms with van der Waals surface area (Å²) in [5, 5.41) is 0. The Labute approximate surface area is 177 Å². The molecule has 6 nitrogen and oxygen atoms in total. The molecule has 0 aliphatic carbocycles. The fourth-order valence-electron chi connectivity index (χ4n) is 3.88. The van der Waals surface area contributed by atoms with Gasteiger partial charge >= 0.3 is 0 Å². The molecule has 1 atom stereocenters. The highest BCUT2D eigenvalue weighted by atomic mass is 16.5. The van der Waals surface area contributed by atoms with Crippen LogP contribution in [-0.2, 0) is 0 Å². The molecule has 2 aromatic carbocycles. The summed E-state index contributed by atoms with van der Waals surface area (Å²) in [6.07, 6.45) is 1.86. The van der Waals surface area contributed by atoms with Gasteiger partial charge in [0.15, 0.2) is 11.5 Å². The molecule has 1 aliphatic rings. The van der Waals surface area contributed by atoms with E-state index in [9.17, 15) is 4.79 Å². The normalized spacial score (nSPS) is 16.4. The van der Waals surface area contributed by atoms with Gasteiger partial charge in [-0.15, -0.1) is 0 Å². The van der Waals surface area contributed by atoms with E-state index in [1.807, 2.05) is 48.2 Å². The Balaban J connectivity index is 1.58. The molecule has 1 aromatic heterocycles. The number of nitrogens with zero attached hydrogens (tertiary/aromatic N) is 2. The minimum Gasteiger partial charge on any atom is -0.490 e. The fraction of sp³-hybridized carbons (Fsp3) is 0.417. The van der Waals surface area contributed by atoms with Crippen molar-refractivity contribution >= 4 is 16.9 Å². The first kappa shape index (κ1) is 20.3. The zero-order chi connectivity index (χ0) is 21.1. The summed E-state index contributed by atoms with van der Waals surface area (Å²) in [6.45, 7) is 7.97. The predicted molar refractivity (Wildman–Crippen MR) is 117 cm³/mol. The molecule has 30 heavy (non-hydrogen) atoms. The SMILES string of the molecule is CCOc1cc(C(=O)N2CCCC2c2nc3ccccc3[nH]2)ccc1OCC(C)C. The summed E-state index contributed by atoms with van der Waals surface area (Å²) in [5.41, 5.74) is 2.53. The third kappa shape index (κ3) is 4.13. The highest BCUT2D eigenvalue weighted by molar-refractivity contribution is 5.95. The molecule has 158 valence electrons. The number of benzene rings is 2. The van der Waals surface area contributed by atoms with Gasteiger partial charge in [-0.2, -0.15) is 0 Å². The number of hydrogen-bond acceptors (Lipinski definition) is 4. The molecule has 1 N–H and O–H groups in total. The van der Waals surface area contributed by atoms with Crippen molar-refractivity contribution in [3.63, 3.8) is 0 Å². The molecule has 1 fully saturated rings. The Hall–Kier alpha value is -3.02. The Morgan fingerprint density at radius 2 is 2.03 bits per heavy atom. The van der Waals surface area contributed by atoms with Gasteiger partial charge in [-0.1, -0.05) is 26.0 Å². The van der Waals surface area contributed by atoms with E-state index in [2.05, 4.69) is 18.8 Å². The number of aromatic nitrogens is 2. The molecular weight excluding hydrogens is 378 g/mol. The van der Waals surface area contributed by atoms with Crippen molar-refractivity contribution in [1.29, 1.82) is 0 Å². The van der Waals surface area contributed by atoms with Crippen LogP contribution in [0.25, 0.3) is 11.0 Å². The van der Waals surface area contributed by atoms with Crippen LogP contribution >= 0.6 is 0 Å². The minimum atomic E-state index is -0.0442. The zero-order valence-corrected chi connectivity index (χ0v) is 17.9. The molecule has 1 unspecified atom stereocenters. The minimum absolute atomic E-state index is 0.00526. The first-order chi connectivity index (χ1) is 14.6. The molecule has 2 heterocycles. The van der Waals surface area contributed by atoms with E-state index >= 15 is 0 Å². The van der Waals surface area contributed by atoms with E-state index in [4.69, 9.17) is 14.5 Å². The van der Waals surface area contributed by atoms with Gasteiger partial charge in [0.05, 0.1) is 30.3 Å². The van der Waals surface area contributed by atoms with E-state index < -0.39 is 0 Å². The number of aromatic amines is 1. The Kier molecular flexibility index (Phi) is 5.93. The van der Waals surface area contributed by atoms with E-state index in [0.717, 1.165) is 36.2 Å². The van der Waals surface area contributed by atoms with Gasteiger partial charge in [0.25, 0.3) is 5.91 Å². The number of fused-ring (bicyclic) bond motifs is 1. The van der Waals surface area contributed by atoms with Crippen molar-refractivity contribution in [2.24, 2.45) is 5.92 Å². The maximum atomic E-state index is 13.4. The van der Waals surface area contributed by atoms with Crippen LogP contribution in [0.1, 0.15) is 55.8 Å². The van der Waals surface area contributed by atoms with Gasteiger partial charge < -0.3 is 19.4 Å². The summed E-state index contributed by atoms with van der Waals surface area (Å²) in [5.74, 6) is 2.55. The summed E-state index contributed by atoms with van der Waals surface area (Å²) in [6, 6.07) is 13.4. The third-order valence-corrected chi connectivity index (χ3v) is 5.30. The van der Waals surface area contributed by atoms with E-state index in [-0.39, 0.29) is 11.9 Å². The molecule has 1 amide bonds. The van der Waals surface area contributed by atoms with Crippen molar-refractivity contribution in [1.82, 2.24) is 14.9 Å². The van der Waals surface area contributed by atoms with Gasteiger partial charge in [-0.3, -0.25) is 4.79 Å². The third-order valence-electron chi connectivity index (χ3n) is 5.30. The van der Waals surface area contributed by atoms with Crippen molar-refractivity contribution in [3.05, 3.63) is 53.9 Å². The van der Waals surface area contributed by atoms with Crippen LogP contribution in [0, 0.1) is 5.92 Å². The number of H-pyrrole nitrogens is 1.